The molecular weight excluding hydrogens is 226 g/mol. The van der Waals surface area contributed by atoms with Gasteiger partial charge in [-0.05, 0) is 25.0 Å². The molecule has 4 nitrogen and oxygen atoms in total. The maximum Gasteiger partial charge on any atom is 0.267 e. The van der Waals surface area contributed by atoms with Crippen molar-refractivity contribution in [3.8, 4) is 6.07 Å². The largest absolute Gasteiger partial charge is 0.348 e. The van der Waals surface area contributed by atoms with Gasteiger partial charge in [0, 0.05) is 6.04 Å². The highest BCUT2D eigenvalue weighted by Crippen LogP contribution is 2.17. The van der Waals surface area contributed by atoms with E-state index in [1.807, 2.05) is 6.07 Å². The van der Waals surface area contributed by atoms with E-state index in [1.165, 1.54) is 32.1 Å². The summed E-state index contributed by atoms with van der Waals surface area (Å²) < 4.78 is 0. The minimum Gasteiger partial charge on any atom is -0.348 e. The molecule has 4 heteroatoms. The molecule has 0 atom stereocenters. The number of H-pyrrole nitrogens is 1. The minimum absolute atomic E-state index is 0.0953. The molecule has 0 aliphatic heterocycles. The highest BCUT2D eigenvalue weighted by atomic mass is 16.1. The zero-order valence-electron chi connectivity index (χ0n) is 10.5. The number of nitrogens with one attached hydrogen (secondary N) is 2. The van der Waals surface area contributed by atoms with Crippen molar-refractivity contribution in [2.45, 2.75) is 51.0 Å². The number of rotatable bonds is 2. The summed E-state index contributed by atoms with van der Waals surface area (Å²) in [7, 11) is 0. The van der Waals surface area contributed by atoms with Gasteiger partial charge in [0.05, 0.1) is 0 Å². The average Bonchev–Trinajstić information content (AvgIpc) is 2.81. The second-order valence-corrected chi connectivity index (χ2v) is 4.91. The number of aromatic amines is 1. The third kappa shape index (κ3) is 3.36. The third-order valence-corrected chi connectivity index (χ3v) is 3.49. The van der Waals surface area contributed by atoms with E-state index in [-0.39, 0.29) is 11.9 Å². The lowest BCUT2D eigenvalue weighted by molar-refractivity contribution is 0.0926. The first-order chi connectivity index (χ1) is 8.79. The van der Waals surface area contributed by atoms with Crippen LogP contribution >= 0.6 is 0 Å². The number of carbonyl (C=O) groups excluding carboxylic acids is 1. The first-order valence-corrected chi connectivity index (χ1v) is 6.69. The van der Waals surface area contributed by atoms with Crippen LogP contribution in [0.25, 0.3) is 0 Å². The van der Waals surface area contributed by atoms with E-state index in [0.29, 0.717) is 11.4 Å². The molecule has 1 amide bonds. The molecule has 2 N–H and O–H groups in total. The zero-order valence-corrected chi connectivity index (χ0v) is 10.5. The number of amides is 1. The number of nitrogens with zero attached hydrogens (tertiary/aromatic N) is 1. The van der Waals surface area contributed by atoms with Crippen molar-refractivity contribution in [2.24, 2.45) is 0 Å². The fraction of sp³-hybridized carbons (Fsp3) is 0.571. The van der Waals surface area contributed by atoms with E-state index in [9.17, 15) is 4.79 Å². The third-order valence-electron chi connectivity index (χ3n) is 3.49. The summed E-state index contributed by atoms with van der Waals surface area (Å²) in [5.41, 5.74) is 0.909. The van der Waals surface area contributed by atoms with Crippen LogP contribution in [0.3, 0.4) is 0 Å². The maximum absolute atomic E-state index is 12.0. The summed E-state index contributed by atoms with van der Waals surface area (Å²) in [6, 6.07) is 5.57. The Hall–Kier alpha value is -1.76. The first-order valence-electron chi connectivity index (χ1n) is 6.69. The molecule has 1 aromatic rings. The van der Waals surface area contributed by atoms with Gasteiger partial charge in [-0.15, -0.1) is 0 Å². The number of nitriles is 1. The Balaban J connectivity index is 1.91. The van der Waals surface area contributed by atoms with Gasteiger partial charge in [-0.3, -0.25) is 4.79 Å². The Morgan fingerprint density at radius 3 is 2.50 bits per heavy atom. The van der Waals surface area contributed by atoms with Crippen molar-refractivity contribution < 1.29 is 4.79 Å². The Morgan fingerprint density at radius 2 is 1.89 bits per heavy atom. The summed E-state index contributed by atoms with van der Waals surface area (Å²) >= 11 is 0. The van der Waals surface area contributed by atoms with Crippen LogP contribution in [0.15, 0.2) is 12.1 Å². The van der Waals surface area contributed by atoms with Crippen LogP contribution in [0, 0.1) is 11.3 Å². The van der Waals surface area contributed by atoms with Crippen LogP contribution in [-0.2, 0) is 0 Å². The predicted molar refractivity (Wildman–Crippen MR) is 69.1 cm³/mol. The normalized spacial score (nSPS) is 17.5. The van der Waals surface area contributed by atoms with Crippen molar-refractivity contribution in [3.63, 3.8) is 0 Å². The van der Waals surface area contributed by atoms with Gasteiger partial charge in [-0.1, -0.05) is 32.1 Å². The smallest absolute Gasteiger partial charge is 0.267 e. The van der Waals surface area contributed by atoms with Gasteiger partial charge < -0.3 is 10.3 Å². The lowest BCUT2D eigenvalue weighted by atomic mass is 9.96. The van der Waals surface area contributed by atoms with Crippen LogP contribution in [0.4, 0.5) is 0 Å². The van der Waals surface area contributed by atoms with Crippen molar-refractivity contribution in [1.82, 2.24) is 10.3 Å². The van der Waals surface area contributed by atoms with Crippen molar-refractivity contribution >= 4 is 5.91 Å². The predicted octanol–water partition coefficient (Wildman–Crippen LogP) is 2.73. The van der Waals surface area contributed by atoms with E-state index in [2.05, 4.69) is 10.3 Å². The van der Waals surface area contributed by atoms with Gasteiger partial charge >= 0.3 is 0 Å². The lowest BCUT2D eigenvalue weighted by Crippen LogP contribution is -2.35. The second-order valence-electron chi connectivity index (χ2n) is 4.91. The van der Waals surface area contributed by atoms with E-state index >= 15 is 0 Å². The van der Waals surface area contributed by atoms with Crippen LogP contribution in [0.2, 0.25) is 0 Å². The Morgan fingerprint density at radius 1 is 1.22 bits per heavy atom. The minimum atomic E-state index is -0.0953. The van der Waals surface area contributed by atoms with Gasteiger partial charge in [-0.25, -0.2) is 0 Å². The van der Waals surface area contributed by atoms with Gasteiger partial charge in [0.25, 0.3) is 5.91 Å². The van der Waals surface area contributed by atoms with Gasteiger partial charge in [0.2, 0.25) is 0 Å². The van der Waals surface area contributed by atoms with Crippen LogP contribution in [-0.4, -0.2) is 16.9 Å². The number of aromatic nitrogens is 1. The van der Waals surface area contributed by atoms with Gasteiger partial charge in [0.15, 0.2) is 0 Å². The van der Waals surface area contributed by atoms with Crippen molar-refractivity contribution in [3.05, 3.63) is 23.5 Å². The van der Waals surface area contributed by atoms with Crippen molar-refractivity contribution in [1.29, 1.82) is 5.26 Å². The van der Waals surface area contributed by atoms with Crippen molar-refractivity contribution in [2.75, 3.05) is 0 Å². The molecule has 0 unspecified atom stereocenters. The van der Waals surface area contributed by atoms with Crippen LogP contribution in [0.5, 0.6) is 0 Å². The van der Waals surface area contributed by atoms with E-state index in [0.717, 1.165) is 12.8 Å². The molecule has 2 rings (SSSR count). The molecule has 0 radical (unpaired) electrons. The molecular formula is C14H19N3O. The number of hydrogen-bond acceptors (Lipinski definition) is 2. The summed E-state index contributed by atoms with van der Waals surface area (Å²) in [5, 5.41) is 11.8. The molecule has 96 valence electrons. The highest BCUT2D eigenvalue weighted by Gasteiger charge is 2.16. The Bertz CT molecular complexity index is 436. The molecule has 0 aromatic carbocycles. The maximum atomic E-state index is 12.0. The molecule has 1 heterocycles. The van der Waals surface area contributed by atoms with Gasteiger partial charge in [0.1, 0.15) is 17.5 Å². The quantitative estimate of drug-likeness (QED) is 0.841. The van der Waals surface area contributed by atoms with Crippen LogP contribution < -0.4 is 5.32 Å². The number of hydrogen-bond donors (Lipinski definition) is 2. The lowest BCUT2D eigenvalue weighted by Gasteiger charge is -2.20. The fourth-order valence-corrected chi connectivity index (χ4v) is 2.46. The summed E-state index contributed by atoms with van der Waals surface area (Å²) in [6.45, 7) is 0. The average molecular weight is 245 g/mol. The molecule has 1 aliphatic rings. The first kappa shape index (κ1) is 12.7. The summed E-state index contributed by atoms with van der Waals surface area (Å²) in [6.07, 6.45) is 8.39. The second kappa shape index (κ2) is 6.25. The molecule has 0 spiro atoms. The summed E-state index contributed by atoms with van der Waals surface area (Å²) in [4.78, 5) is 14.8. The van der Waals surface area contributed by atoms with Gasteiger partial charge in [-0.2, -0.15) is 5.26 Å². The molecule has 1 aromatic heterocycles. The summed E-state index contributed by atoms with van der Waals surface area (Å²) in [5.74, 6) is -0.0953. The monoisotopic (exact) mass is 245 g/mol. The number of carbonyl (C=O) groups is 1. The highest BCUT2D eigenvalue weighted by molar-refractivity contribution is 5.92. The molecule has 1 aliphatic carbocycles. The van der Waals surface area contributed by atoms with Crippen LogP contribution in [0.1, 0.15) is 61.1 Å². The standard InChI is InChI=1S/C14H19N3O/c15-10-12-8-9-13(16-12)14(18)17-11-6-4-2-1-3-5-7-11/h8-9,11,16H,1-7H2,(H,17,18). The fourth-order valence-electron chi connectivity index (χ4n) is 2.46. The zero-order chi connectivity index (χ0) is 12.8. The molecule has 18 heavy (non-hydrogen) atoms. The molecule has 1 saturated carbocycles. The Kier molecular flexibility index (Phi) is 4.40. The van der Waals surface area contributed by atoms with E-state index in [1.54, 1.807) is 12.1 Å². The van der Waals surface area contributed by atoms with E-state index in [4.69, 9.17) is 5.26 Å². The molecule has 0 saturated heterocycles. The molecule has 0 bridgehead atoms. The topological polar surface area (TPSA) is 68.7 Å². The van der Waals surface area contributed by atoms with E-state index < -0.39 is 0 Å². The molecule has 1 fully saturated rings. The SMILES string of the molecule is N#Cc1ccc(C(=O)NC2CCCCCCC2)[nH]1. The Labute approximate surface area is 107 Å².